The Bertz CT molecular complexity index is 539. The fraction of sp³-hybridized carbons (Fsp3) is 0.611. The summed E-state index contributed by atoms with van der Waals surface area (Å²) in [6.45, 7) is 3.78. The summed E-state index contributed by atoms with van der Waals surface area (Å²) >= 11 is 3.56. The predicted octanol–water partition coefficient (Wildman–Crippen LogP) is 3.32. The first kappa shape index (κ1) is 22.7. The van der Waals surface area contributed by atoms with Crippen molar-refractivity contribution in [3.8, 4) is 0 Å². The lowest BCUT2D eigenvalue weighted by atomic mass is 9.96. The highest BCUT2D eigenvalue weighted by Crippen LogP contribution is 2.48. The summed E-state index contributed by atoms with van der Waals surface area (Å²) < 4.78 is 11.5. The smallest absolute Gasteiger partial charge is 0.191 e. The van der Waals surface area contributed by atoms with E-state index in [0.29, 0.717) is 13.2 Å². The molecular weight excluding hydrogens is 497 g/mol. The van der Waals surface area contributed by atoms with Crippen LogP contribution in [0, 0.1) is 0 Å². The van der Waals surface area contributed by atoms with E-state index >= 15 is 0 Å². The van der Waals surface area contributed by atoms with Crippen molar-refractivity contribution in [2.24, 2.45) is 4.99 Å². The molecule has 0 radical (unpaired) electrons. The van der Waals surface area contributed by atoms with Crippen molar-refractivity contribution in [2.75, 3.05) is 47.1 Å². The van der Waals surface area contributed by atoms with Gasteiger partial charge in [0.2, 0.25) is 0 Å². The van der Waals surface area contributed by atoms with Gasteiger partial charge in [-0.3, -0.25) is 4.99 Å². The van der Waals surface area contributed by atoms with Crippen molar-refractivity contribution in [1.29, 1.82) is 0 Å². The van der Waals surface area contributed by atoms with Gasteiger partial charge in [-0.1, -0.05) is 28.1 Å². The minimum atomic E-state index is 0. The van der Waals surface area contributed by atoms with Crippen LogP contribution in [0.5, 0.6) is 0 Å². The summed E-state index contributed by atoms with van der Waals surface area (Å²) in [5.41, 5.74) is 1.65. The zero-order chi connectivity index (χ0) is 17.3. The average molecular weight is 526 g/mol. The monoisotopic (exact) mass is 525 g/mol. The number of ether oxygens (including phenoxy) is 2. The third-order valence-corrected chi connectivity index (χ3v) is 4.79. The molecular formula is C18H29BrIN3O2. The van der Waals surface area contributed by atoms with Gasteiger partial charge in [-0.25, -0.2) is 0 Å². The number of hydrogen-bond donors (Lipinski definition) is 2. The van der Waals surface area contributed by atoms with Crippen molar-refractivity contribution in [2.45, 2.75) is 24.7 Å². The fourth-order valence-electron chi connectivity index (χ4n) is 2.64. The van der Waals surface area contributed by atoms with Crippen molar-refractivity contribution >= 4 is 45.9 Å². The largest absolute Gasteiger partial charge is 0.382 e. The molecule has 0 bridgehead atoms. The van der Waals surface area contributed by atoms with Crippen LogP contribution in [0.2, 0.25) is 0 Å². The zero-order valence-electron chi connectivity index (χ0n) is 15.0. The summed E-state index contributed by atoms with van der Waals surface area (Å²) in [5.74, 6) is 0.855. The lowest BCUT2D eigenvalue weighted by molar-refractivity contribution is 0.0698. The number of benzene rings is 1. The lowest BCUT2D eigenvalue weighted by Crippen LogP contribution is -2.41. The van der Waals surface area contributed by atoms with E-state index in [9.17, 15) is 0 Å². The topological polar surface area (TPSA) is 54.9 Å². The molecule has 7 heteroatoms. The maximum atomic E-state index is 5.45. The highest BCUT2D eigenvalue weighted by Gasteiger charge is 2.44. The number of aliphatic imine (C=N–C) groups is 1. The molecule has 5 nitrogen and oxygen atoms in total. The summed E-state index contributed by atoms with van der Waals surface area (Å²) in [7, 11) is 3.49. The second-order valence-corrected chi connectivity index (χ2v) is 7.02. The molecule has 1 aromatic rings. The van der Waals surface area contributed by atoms with Gasteiger partial charge in [0.05, 0.1) is 13.2 Å². The van der Waals surface area contributed by atoms with Crippen LogP contribution in [0.1, 0.15) is 24.8 Å². The fourth-order valence-corrected chi connectivity index (χ4v) is 3.03. The quantitative estimate of drug-likeness (QED) is 0.213. The third-order valence-electron chi connectivity index (χ3n) is 4.30. The van der Waals surface area contributed by atoms with E-state index in [4.69, 9.17) is 9.47 Å². The van der Waals surface area contributed by atoms with Crippen LogP contribution >= 0.6 is 39.9 Å². The van der Waals surface area contributed by atoms with Crippen molar-refractivity contribution < 1.29 is 9.47 Å². The maximum absolute atomic E-state index is 5.45. The molecule has 1 aromatic carbocycles. The zero-order valence-corrected chi connectivity index (χ0v) is 18.9. The third kappa shape index (κ3) is 7.80. The molecule has 2 N–H and O–H groups in total. The number of rotatable bonds is 10. The first-order valence-electron chi connectivity index (χ1n) is 8.47. The van der Waals surface area contributed by atoms with E-state index in [-0.39, 0.29) is 29.4 Å². The number of methoxy groups -OCH3 is 1. The van der Waals surface area contributed by atoms with Crippen LogP contribution < -0.4 is 10.6 Å². The number of guanidine groups is 1. The second-order valence-electron chi connectivity index (χ2n) is 6.10. The maximum Gasteiger partial charge on any atom is 0.191 e. The van der Waals surface area contributed by atoms with Gasteiger partial charge in [-0.05, 0) is 37.0 Å². The molecule has 0 amide bonds. The van der Waals surface area contributed by atoms with Gasteiger partial charge < -0.3 is 20.1 Å². The Labute approximate surface area is 176 Å². The highest BCUT2D eigenvalue weighted by atomic mass is 127. The molecule has 0 atom stereocenters. The summed E-state index contributed by atoms with van der Waals surface area (Å²) in [6, 6.07) is 8.62. The Hall–Kier alpha value is -0.380. The van der Waals surface area contributed by atoms with Crippen LogP contribution in [-0.4, -0.2) is 53.0 Å². The molecule has 0 aliphatic heterocycles. The number of hydrogen-bond acceptors (Lipinski definition) is 3. The number of nitrogens with one attached hydrogen (secondary N) is 2. The van der Waals surface area contributed by atoms with E-state index < -0.39 is 0 Å². The van der Waals surface area contributed by atoms with Gasteiger partial charge in [-0.15, -0.1) is 24.0 Å². The Kier molecular flexibility index (Phi) is 11.0. The molecule has 1 aliphatic carbocycles. The number of halogens is 2. The number of nitrogens with zero attached hydrogens (tertiary/aromatic N) is 1. The molecule has 25 heavy (non-hydrogen) atoms. The van der Waals surface area contributed by atoms with E-state index in [1.165, 1.54) is 18.4 Å². The van der Waals surface area contributed by atoms with Gasteiger partial charge in [0.15, 0.2) is 5.96 Å². The molecule has 0 heterocycles. The molecule has 0 spiro atoms. The average Bonchev–Trinajstić information content (AvgIpc) is 3.38. The van der Waals surface area contributed by atoms with E-state index in [1.807, 2.05) is 7.05 Å². The minimum Gasteiger partial charge on any atom is -0.382 e. The van der Waals surface area contributed by atoms with Crippen LogP contribution in [0.4, 0.5) is 0 Å². The lowest BCUT2D eigenvalue weighted by Gasteiger charge is -2.19. The molecule has 2 rings (SSSR count). The standard InChI is InChI=1S/C18H28BrN3O2.HI/c1-20-17(21-9-4-10-24-12-11-23-2)22-14-18(7-8-18)15-5-3-6-16(19)13-15;/h3,5-6,13H,4,7-12,14H2,1-2H3,(H2,20,21,22);1H. The van der Waals surface area contributed by atoms with Gasteiger partial charge >= 0.3 is 0 Å². The molecule has 1 saturated carbocycles. The molecule has 142 valence electrons. The highest BCUT2D eigenvalue weighted by molar-refractivity contribution is 14.0. The van der Waals surface area contributed by atoms with E-state index in [2.05, 4.69) is 55.8 Å². The minimum absolute atomic E-state index is 0. The Morgan fingerprint density at radius 1 is 1.24 bits per heavy atom. The van der Waals surface area contributed by atoms with Crippen LogP contribution in [0.25, 0.3) is 0 Å². The molecule has 0 unspecified atom stereocenters. The normalized spacial score (nSPS) is 15.4. The first-order valence-corrected chi connectivity index (χ1v) is 9.27. The first-order chi connectivity index (χ1) is 11.7. The van der Waals surface area contributed by atoms with E-state index in [0.717, 1.165) is 36.5 Å². The van der Waals surface area contributed by atoms with E-state index in [1.54, 1.807) is 7.11 Å². The van der Waals surface area contributed by atoms with Crippen molar-refractivity contribution in [3.63, 3.8) is 0 Å². The Balaban J connectivity index is 0.00000312. The SMILES string of the molecule is CN=C(NCCCOCCOC)NCC1(c2cccc(Br)c2)CC1.I. The summed E-state index contributed by atoms with van der Waals surface area (Å²) in [5, 5.41) is 6.81. The summed E-state index contributed by atoms with van der Waals surface area (Å²) in [4.78, 5) is 4.30. The Morgan fingerprint density at radius 3 is 2.68 bits per heavy atom. The van der Waals surface area contributed by atoms with Gasteiger partial charge in [-0.2, -0.15) is 0 Å². The van der Waals surface area contributed by atoms with Gasteiger partial charge in [0.25, 0.3) is 0 Å². The van der Waals surface area contributed by atoms with Crippen LogP contribution in [0.15, 0.2) is 33.7 Å². The van der Waals surface area contributed by atoms with Crippen molar-refractivity contribution in [1.82, 2.24) is 10.6 Å². The second kappa shape index (κ2) is 12.1. The summed E-state index contributed by atoms with van der Waals surface area (Å²) in [6.07, 6.45) is 3.39. The van der Waals surface area contributed by atoms with Gasteiger partial charge in [0.1, 0.15) is 0 Å². The predicted molar refractivity (Wildman–Crippen MR) is 117 cm³/mol. The molecule has 1 fully saturated rings. The molecule has 0 saturated heterocycles. The Morgan fingerprint density at radius 2 is 2.04 bits per heavy atom. The van der Waals surface area contributed by atoms with Gasteiger partial charge in [0, 0.05) is 43.7 Å². The van der Waals surface area contributed by atoms with Crippen LogP contribution in [-0.2, 0) is 14.9 Å². The van der Waals surface area contributed by atoms with Crippen molar-refractivity contribution in [3.05, 3.63) is 34.3 Å². The molecule has 0 aromatic heterocycles. The molecule has 1 aliphatic rings. The van der Waals surface area contributed by atoms with Crippen LogP contribution in [0.3, 0.4) is 0 Å².